The zero-order chi connectivity index (χ0) is 16.5. The Bertz CT molecular complexity index is 545. The van der Waals surface area contributed by atoms with Crippen molar-refractivity contribution in [2.24, 2.45) is 0 Å². The van der Waals surface area contributed by atoms with E-state index in [0.717, 1.165) is 12.8 Å². The van der Waals surface area contributed by atoms with Gasteiger partial charge in [-0.15, -0.1) is 0 Å². The molecule has 122 valence electrons. The zero-order valence-corrected chi connectivity index (χ0v) is 15.9. The van der Waals surface area contributed by atoms with Crippen LogP contribution >= 0.6 is 0 Å². The van der Waals surface area contributed by atoms with Gasteiger partial charge in [-0.05, 0) is 42.9 Å². The molecule has 2 aromatic rings. The third kappa shape index (κ3) is 7.47. The Balaban J connectivity index is 1.96. The number of hydrogen-bond acceptors (Lipinski definition) is 0. The zero-order valence-electron chi connectivity index (χ0n) is 14.9. The number of hydrogen-bond donors (Lipinski definition) is 0. The summed E-state index contributed by atoms with van der Waals surface area (Å²) < 4.78 is 0. The highest BCUT2D eigenvalue weighted by Crippen LogP contribution is 2.19. The molecule has 0 atom stereocenters. The van der Waals surface area contributed by atoms with E-state index in [1.54, 1.807) is 5.57 Å². The fourth-order valence-electron chi connectivity index (χ4n) is 2.68. The van der Waals surface area contributed by atoms with Crippen molar-refractivity contribution in [3.8, 4) is 0 Å². The van der Waals surface area contributed by atoms with Gasteiger partial charge >= 0.3 is 0 Å². The first kappa shape index (κ1) is 17.7. The van der Waals surface area contributed by atoms with E-state index in [-0.39, 0.29) is 0 Å². The summed E-state index contributed by atoms with van der Waals surface area (Å²) in [5.41, 5.74) is 4.54. The van der Waals surface area contributed by atoms with Crippen LogP contribution in [-0.4, -0.2) is 8.07 Å². The Labute approximate surface area is 143 Å². The first-order chi connectivity index (χ1) is 11.0. The maximum absolute atomic E-state index is 2.55. The average Bonchev–Trinajstić information content (AvgIpc) is 2.55. The molecule has 0 N–H and O–H groups in total. The van der Waals surface area contributed by atoms with Crippen molar-refractivity contribution < 1.29 is 0 Å². The van der Waals surface area contributed by atoms with Crippen molar-refractivity contribution in [3.63, 3.8) is 0 Å². The predicted molar refractivity (Wildman–Crippen MR) is 106 cm³/mol. The highest BCUT2D eigenvalue weighted by Gasteiger charge is 2.11. The lowest BCUT2D eigenvalue weighted by Crippen LogP contribution is -2.17. The molecule has 0 saturated heterocycles. The van der Waals surface area contributed by atoms with Gasteiger partial charge in [0.05, 0.1) is 0 Å². The second kappa shape index (κ2) is 8.88. The standard InChI is InChI=1S/C22H30Si/c1-23(2,3)19-18-22(16-14-20-10-6-4-7-11-20)17-15-21-12-8-5-9-13-21/h4-13,18H,14-17,19H2,1-3H3. The van der Waals surface area contributed by atoms with Crippen LogP contribution in [0.4, 0.5) is 0 Å². The molecule has 0 heterocycles. The number of benzene rings is 2. The van der Waals surface area contributed by atoms with Gasteiger partial charge in [-0.25, -0.2) is 0 Å². The van der Waals surface area contributed by atoms with Gasteiger partial charge < -0.3 is 0 Å². The molecule has 0 saturated carbocycles. The molecular weight excluding hydrogens is 292 g/mol. The molecule has 0 aliphatic carbocycles. The van der Waals surface area contributed by atoms with Gasteiger partial charge in [0.25, 0.3) is 0 Å². The van der Waals surface area contributed by atoms with Gasteiger partial charge in [0.1, 0.15) is 0 Å². The van der Waals surface area contributed by atoms with Gasteiger partial charge in [-0.3, -0.25) is 0 Å². The second-order valence-electron chi connectivity index (χ2n) is 7.60. The van der Waals surface area contributed by atoms with Crippen LogP contribution < -0.4 is 0 Å². The van der Waals surface area contributed by atoms with E-state index in [9.17, 15) is 0 Å². The minimum atomic E-state index is -1.01. The summed E-state index contributed by atoms with van der Waals surface area (Å²) in [6, 6.07) is 23.0. The fourth-order valence-corrected chi connectivity index (χ4v) is 3.58. The van der Waals surface area contributed by atoms with Gasteiger partial charge in [-0.1, -0.05) is 92.0 Å². The summed E-state index contributed by atoms with van der Waals surface area (Å²) in [7, 11) is -1.01. The van der Waals surface area contributed by atoms with Crippen molar-refractivity contribution in [1.29, 1.82) is 0 Å². The van der Waals surface area contributed by atoms with Crippen molar-refractivity contribution in [3.05, 3.63) is 83.4 Å². The molecule has 2 rings (SSSR count). The predicted octanol–water partition coefficient (Wildman–Crippen LogP) is 6.52. The first-order valence-electron chi connectivity index (χ1n) is 8.79. The second-order valence-corrected chi connectivity index (χ2v) is 13.1. The minimum Gasteiger partial charge on any atom is -0.0880 e. The Kier molecular flexibility index (Phi) is 6.85. The van der Waals surface area contributed by atoms with Gasteiger partial charge in [0.15, 0.2) is 0 Å². The molecule has 0 spiro atoms. The molecule has 0 aromatic heterocycles. The Morgan fingerprint density at radius 3 is 1.57 bits per heavy atom. The lowest BCUT2D eigenvalue weighted by molar-refractivity contribution is 0.832. The average molecular weight is 323 g/mol. The van der Waals surface area contributed by atoms with E-state index >= 15 is 0 Å². The lowest BCUT2D eigenvalue weighted by atomic mass is 9.98. The smallest absolute Gasteiger partial charge is 0.0480 e. The van der Waals surface area contributed by atoms with Crippen LogP contribution in [0.25, 0.3) is 0 Å². The highest BCUT2D eigenvalue weighted by molar-refractivity contribution is 6.76. The molecule has 0 aliphatic heterocycles. The monoisotopic (exact) mass is 322 g/mol. The SMILES string of the molecule is C[Si](C)(C)CC=C(CCc1ccccc1)CCc1ccccc1. The minimum absolute atomic E-state index is 1.01. The van der Waals surface area contributed by atoms with Crippen LogP contribution in [0.15, 0.2) is 72.3 Å². The lowest BCUT2D eigenvalue weighted by Gasteiger charge is -2.15. The van der Waals surface area contributed by atoms with Gasteiger partial charge in [-0.2, -0.15) is 0 Å². The molecular formula is C22H30Si. The molecule has 0 nitrogen and oxygen atoms in total. The van der Waals surface area contributed by atoms with Crippen LogP contribution in [0.5, 0.6) is 0 Å². The molecule has 0 fully saturated rings. The number of allylic oxidation sites excluding steroid dienone is 2. The molecule has 0 aliphatic rings. The van der Waals surface area contributed by atoms with E-state index in [1.807, 2.05) is 0 Å². The van der Waals surface area contributed by atoms with Crippen LogP contribution in [-0.2, 0) is 12.8 Å². The normalized spacial score (nSPS) is 11.3. The molecule has 2 aromatic carbocycles. The van der Waals surface area contributed by atoms with Crippen LogP contribution in [0.2, 0.25) is 25.7 Å². The highest BCUT2D eigenvalue weighted by atomic mass is 28.3. The van der Waals surface area contributed by atoms with Gasteiger partial charge in [0, 0.05) is 8.07 Å². The van der Waals surface area contributed by atoms with E-state index in [0.29, 0.717) is 0 Å². The Morgan fingerprint density at radius 1 is 0.739 bits per heavy atom. The van der Waals surface area contributed by atoms with E-state index < -0.39 is 8.07 Å². The molecule has 0 unspecified atom stereocenters. The number of rotatable bonds is 8. The quantitative estimate of drug-likeness (QED) is 0.383. The first-order valence-corrected chi connectivity index (χ1v) is 12.5. The largest absolute Gasteiger partial charge is 0.0880 e. The van der Waals surface area contributed by atoms with Crippen molar-refractivity contribution in [2.75, 3.05) is 0 Å². The van der Waals surface area contributed by atoms with Crippen LogP contribution in [0, 0.1) is 0 Å². The van der Waals surface area contributed by atoms with Crippen molar-refractivity contribution >= 4 is 8.07 Å². The topological polar surface area (TPSA) is 0 Å². The third-order valence-electron chi connectivity index (χ3n) is 4.16. The summed E-state index contributed by atoms with van der Waals surface area (Å²) >= 11 is 0. The van der Waals surface area contributed by atoms with E-state index in [2.05, 4.69) is 86.4 Å². The van der Waals surface area contributed by atoms with Crippen molar-refractivity contribution in [2.45, 2.75) is 51.4 Å². The van der Waals surface area contributed by atoms with E-state index in [1.165, 1.54) is 30.0 Å². The molecule has 0 bridgehead atoms. The maximum atomic E-state index is 2.55. The number of aryl methyl sites for hydroxylation is 2. The summed E-state index contributed by atoms with van der Waals surface area (Å²) in [6.07, 6.45) is 7.26. The molecule has 23 heavy (non-hydrogen) atoms. The third-order valence-corrected chi connectivity index (χ3v) is 5.59. The maximum Gasteiger partial charge on any atom is 0.0480 e. The van der Waals surface area contributed by atoms with Gasteiger partial charge in [0.2, 0.25) is 0 Å². The van der Waals surface area contributed by atoms with Crippen molar-refractivity contribution in [1.82, 2.24) is 0 Å². The summed E-state index contributed by atoms with van der Waals surface area (Å²) in [4.78, 5) is 0. The van der Waals surface area contributed by atoms with E-state index in [4.69, 9.17) is 0 Å². The molecule has 0 amide bonds. The molecule has 1 heteroatoms. The summed E-state index contributed by atoms with van der Waals surface area (Å²) in [5, 5.41) is 0. The Morgan fingerprint density at radius 2 is 1.17 bits per heavy atom. The molecule has 0 radical (unpaired) electrons. The van der Waals surface area contributed by atoms with Crippen LogP contribution in [0.1, 0.15) is 24.0 Å². The van der Waals surface area contributed by atoms with Crippen LogP contribution in [0.3, 0.4) is 0 Å². The summed E-state index contributed by atoms with van der Waals surface area (Å²) in [5.74, 6) is 0. The fraction of sp³-hybridized carbons (Fsp3) is 0.364. The Hall–Kier alpha value is -1.60. The summed E-state index contributed by atoms with van der Waals surface area (Å²) in [6.45, 7) is 7.36.